The lowest BCUT2D eigenvalue weighted by Gasteiger charge is -2.37. The Kier molecular flexibility index (Phi) is 8.50. The molecule has 7 heteroatoms. The Morgan fingerprint density at radius 1 is 0.886 bits per heavy atom. The molecule has 3 heterocycles. The van der Waals surface area contributed by atoms with Crippen molar-refractivity contribution in [2.45, 2.75) is 52.1 Å². The van der Waals surface area contributed by atoms with E-state index in [1.165, 1.54) is 5.69 Å². The van der Waals surface area contributed by atoms with E-state index in [4.69, 9.17) is 4.74 Å². The maximum Gasteiger partial charge on any atom is 0.296 e. The average molecular weight is 481 g/mol. The molecular formula is C28H40N4O3. The number of anilines is 1. The Labute approximate surface area is 209 Å². The van der Waals surface area contributed by atoms with E-state index in [-0.39, 0.29) is 17.8 Å². The Balaban J connectivity index is 1.30. The van der Waals surface area contributed by atoms with Crippen molar-refractivity contribution in [2.24, 2.45) is 7.05 Å². The molecule has 0 unspecified atom stereocenters. The highest BCUT2D eigenvalue weighted by atomic mass is 16.5. The summed E-state index contributed by atoms with van der Waals surface area (Å²) < 4.78 is 7.93. The number of nitrogens with zero attached hydrogens (tertiary/aromatic N) is 4. The number of ketones is 1. The number of benzene rings is 1. The van der Waals surface area contributed by atoms with Gasteiger partial charge in [-0.1, -0.05) is 25.0 Å². The Hall–Kier alpha value is -2.80. The smallest absolute Gasteiger partial charge is 0.296 e. The summed E-state index contributed by atoms with van der Waals surface area (Å²) in [5.41, 5.74) is 2.76. The van der Waals surface area contributed by atoms with Crippen molar-refractivity contribution in [3.8, 4) is 5.75 Å². The second-order valence-electron chi connectivity index (χ2n) is 10.0. The summed E-state index contributed by atoms with van der Waals surface area (Å²) in [4.78, 5) is 32.3. The van der Waals surface area contributed by atoms with Crippen molar-refractivity contribution >= 4 is 17.4 Å². The van der Waals surface area contributed by atoms with E-state index < -0.39 is 0 Å². The van der Waals surface area contributed by atoms with Gasteiger partial charge in [-0.2, -0.15) is 0 Å². The molecule has 1 aromatic carbocycles. The predicted molar refractivity (Wildman–Crippen MR) is 139 cm³/mol. The van der Waals surface area contributed by atoms with Crippen LogP contribution >= 0.6 is 0 Å². The average Bonchev–Trinajstić information content (AvgIpc) is 3.04. The molecule has 0 bridgehead atoms. The summed E-state index contributed by atoms with van der Waals surface area (Å²) in [6.07, 6.45) is 5.26. The zero-order valence-corrected chi connectivity index (χ0v) is 21.5. The van der Waals surface area contributed by atoms with E-state index in [0.717, 1.165) is 76.3 Å². The van der Waals surface area contributed by atoms with Crippen LogP contribution in [0.2, 0.25) is 0 Å². The van der Waals surface area contributed by atoms with Crippen LogP contribution in [-0.4, -0.2) is 78.0 Å². The normalized spacial score (nSPS) is 17.5. The minimum atomic E-state index is -0.378. The van der Waals surface area contributed by atoms with Gasteiger partial charge in [0.1, 0.15) is 5.75 Å². The van der Waals surface area contributed by atoms with Gasteiger partial charge in [0.25, 0.3) is 11.7 Å². The molecule has 2 aliphatic rings. The van der Waals surface area contributed by atoms with Gasteiger partial charge in [-0.3, -0.25) is 14.5 Å². The SMILES string of the molecule is CC(C)Oc1ccccc1N1CCN(CCc2ccc(C(=O)C(=O)N3CCCCCC3)n2C)CC1. The van der Waals surface area contributed by atoms with Crippen molar-refractivity contribution in [3.63, 3.8) is 0 Å². The standard InChI is InChI=1S/C28H40N4O3/c1-22(2)35-26-11-7-6-10-24(26)31-20-18-30(19-21-31)17-14-23-12-13-25(29(23)3)27(33)28(34)32-15-8-4-5-9-16-32/h6-7,10-13,22H,4-5,8-9,14-21H2,1-3H3. The molecule has 0 atom stereocenters. The van der Waals surface area contributed by atoms with Crippen molar-refractivity contribution in [1.82, 2.24) is 14.4 Å². The highest BCUT2D eigenvalue weighted by Crippen LogP contribution is 2.29. The lowest BCUT2D eigenvalue weighted by atomic mass is 10.2. The Bertz CT molecular complexity index is 999. The first-order chi connectivity index (χ1) is 16.9. The largest absolute Gasteiger partial charge is 0.489 e. The quantitative estimate of drug-likeness (QED) is 0.425. The first-order valence-corrected chi connectivity index (χ1v) is 13.1. The summed E-state index contributed by atoms with van der Waals surface area (Å²) in [6.45, 7) is 10.3. The van der Waals surface area contributed by atoms with Gasteiger partial charge < -0.3 is 19.1 Å². The number of amides is 1. The van der Waals surface area contributed by atoms with E-state index in [1.54, 1.807) is 4.90 Å². The number of carbonyl (C=O) groups is 2. The molecule has 190 valence electrons. The summed E-state index contributed by atoms with van der Waals surface area (Å²) in [6, 6.07) is 12.1. The number of aromatic nitrogens is 1. The zero-order chi connectivity index (χ0) is 24.8. The fourth-order valence-electron chi connectivity index (χ4n) is 5.12. The van der Waals surface area contributed by atoms with Crippen LogP contribution in [0.25, 0.3) is 0 Å². The minimum Gasteiger partial charge on any atom is -0.489 e. The molecule has 2 aromatic rings. The van der Waals surface area contributed by atoms with E-state index in [9.17, 15) is 9.59 Å². The van der Waals surface area contributed by atoms with Crippen molar-refractivity contribution in [3.05, 3.63) is 47.8 Å². The first-order valence-electron chi connectivity index (χ1n) is 13.1. The number of carbonyl (C=O) groups excluding carboxylic acids is 2. The molecule has 0 radical (unpaired) electrons. The molecule has 1 amide bonds. The van der Waals surface area contributed by atoms with Crippen LogP contribution < -0.4 is 9.64 Å². The predicted octanol–water partition coefficient (Wildman–Crippen LogP) is 3.76. The van der Waals surface area contributed by atoms with Gasteiger partial charge in [-0.25, -0.2) is 0 Å². The molecule has 1 aromatic heterocycles. The van der Waals surface area contributed by atoms with Crippen molar-refractivity contribution in [2.75, 3.05) is 50.7 Å². The Morgan fingerprint density at radius 2 is 1.57 bits per heavy atom. The summed E-state index contributed by atoms with van der Waals surface area (Å²) in [5.74, 6) is 0.223. The van der Waals surface area contributed by atoms with E-state index in [0.29, 0.717) is 18.8 Å². The molecule has 0 saturated carbocycles. The molecule has 7 nitrogen and oxygen atoms in total. The third kappa shape index (κ3) is 6.26. The lowest BCUT2D eigenvalue weighted by Crippen LogP contribution is -2.47. The molecule has 2 saturated heterocycles. The topological polar surface area (TPSA) is 58.0 Å². The van der Waals surface area contributed by atoms with Crippen LogP contribution in [0.3, 0.4) is 0 Å². The van der Waals surface area contributed by atoms with E-state index in [1.807, 2.05) is 35.9 Å². The molecular weight excluding hydrogens is 440 g/mol. The van der Waals surface area contributed by atoms with Crippen molar-refractivity contribution < 1.29 is 14.3 Å². The highest BCUT2D eigenvalue weighted by Gasteiger charge is 2.26. The zero-order valence-electron chi connectivity index (χ0n) is 21.5. The van der Waals surface area contributed by atoms with Crippen LogP contribution in [0.5, 0.6) is 5.75 Å². The number of para-hydroxylation sites is 2. The maximum absolute atomic E-state index is 12.9. The highest BCUT2D eigenvalue weighted by molar-refractivity contribution is 6.42. The molecule has 2 aliphatic heterocycles. The van der Waals surface area contributed by atoms with Gasteiger partial charge in [-0.05, 0) is 51.0 Å². The number of hydrogen-bond acceptors (Lipinski definition) is 5. The second-order valence-corrected chi connectivity index (χ2v) is 10.0. The van der Waals surface area contributed by atoms with Gasteiger partial charge in [-0.15, -0.1) is 0 Å². The van der Waals surface area contributed by atoms with Crippen LogP contribution in [0.15, 0.2) is 36.4 Å². The molecule has 0 N–H and O–H groups in total. The van der Waals surface area contributed by atoms with Crippen molar-refractivity contribution in [1.29, 1.82) is 0 Å². The third-order valence-electron chi connectivity index (χ3n) is 7.17. The van der Waals surface area contributed by atoms with E-state index >= 15 is 0 Å². The number of piperazine rings is 1. The lowest BCUT2D eigenvalue weighted by molar-refractivity contribution is -0.126. The molecule has 0 spiro atoms. The van der Waals surface area contributed by atoms with Gasteiger partial charge in [0.2, 0.25) is 0 Å². The molecule has 0 aliphatic carbocycles. The van der Waals surface area contributed by atoms with Gasteiger partial charge in [0.15, 0.2) is 0 Å². The summed E-state index contributed by atoms with van der Waals surface area (Å²) in [7, 11) is 1.90. The molecule has 2 fully saturated rings. The Morgan fingerprint density at radius 3 is 2.26 bits per heavy atom. The molecule has 35 heavy (non-hydrogen) atoms. The van der Waals surface area contributed by atoms with E-state index in [2.05, 4.69) is 35.8 Å². The third-order valence-corrected chi connectivity index (χ3v) is 7.17. The number of likely N-dealkylation sites (tertiary alicyclic amines) is 1. The van der Waals surface area contributed by atoms with Crippen LogP contribution in [0.4, 0.5) is 5.69 Å². The van der Waals surface area contributed by atoms with Gasteiger partial charge in [0, 0.05) is 65.0 Å². The van der Waals surface area contributed by atoms with Crippen LogP contribution in [-0.2, 0) is 18.3 Å². The maximum atomic E-state index is 12.9. The fraction of sp³-hybridized carbons (Fsp3) is 0.571. The van der Waals surface area contributed by atoms with Gasteiger partial charge >= 0.3 is 0 Å². The first kappa shape index (κ1) is 25.3. The molecule has 4 rings (SSSR count). The number of ether oxygens (including phenoxy) is 1. The summed E-state index contributed by atoms with van der Waals surface area (Å²) >= 11 is 0. The number of hydrogen-bond donors (Lipinski definition) is 0. The fourth-order valence-corrected chi connectivity index (χ4v) is 5.12. The number of Topliss-reactive ketones (excluding diaryl/α,β-unsaturated/α-hetero) is 1. The van der Waals surface area contributed by atoms with Crippen LogP contribution in [0, 0.1) is 0 Å². The number of rotatable bonds is 8. The van der Waals surface area contributed by atoms with Crippen LogP contribution in [0.1, 0.15) is 55.7 Å². The minimum absolute atomic E-state index is 0.152. The van der Waals surface area contributed by atoms with Gasteiger partial charge in [0.05, 0.1) is 17.5 Å². The summed E-state index contributed by atoms with van der Waals surface area (Å²) in [5, 5.41) is 0. The monoisotopic (exact) mass is 480 g/mol. The second kappa shape index (κ2) is 11.8.